The molecule has 5 rings (SSSR count). The summed E-state index contributed by atoms with van der Waals surface area (Å²) in [5.41, 5.74) is 4.13. The Labute approximate surface area is 205 Å². The summed E-state index contributed by atoms with van der Waals surface area (Å²) in [6, 6.07) is 20.6. The van der Waals surface area contributed by atoms with Crippen LogP contribution in [0.1, 0.15) is 11.1 Å². The van der Waals surface area contributed by atoms with E-state index in [2.05, 4.69) is 5.32 Å². The third-order valence-electron chi connectivity index (χ3n) is 5.36. The van der Waals surface area contributed by atoms with Gasteiger partial charge in [-0.25, -0.2) is 4.68 Å². The van der Waals surface area contributed by atoms with Gasteiger partial charge in [-0.05, 0) is 47.5 Å². The van der Waals surface area contributed by atoms with Crippen molar-refractivity contribution in [3.63, 3.8) is 0 Å². The largest absolute Gasteiger partial charge is 0.504 e. The molecule has 176 valence electrons. The first kappa shape index (κ1) is 22.4. The highest BCUT2D eigenvalue weighted by molar-refractivity contribution is 7.07. The molecular formula is C26H22N4O4S. The first-order chi connectivity index (χ1) is 17.1. The number of aromatic nitrogens is 1. The summed E-state index contributed by atoms with van der Waals surface area (Å²) in [5.74, 6) is 0.865. The highest BCUT2D eigenvalue weighted by atomic mass is 32.1. The molecule has 0 radical (unpaired) electrons. The summed E-state index contributed by atoms with van der Waals surface area (Å²) < 4.78 is 12.5. The lowest BCUT2D eigenvalue weighted by molar-refractivity contribution is -0.118. The normalized spacial score (nSPS) is 13.4. The Hall–Kier alpha value is -4.37. The van der Waals surface area contributed by atoms with Crippen LogP contribution in [0.3, 0.4) is 0 Å². The number of anilines is 1. The Balaban J connectivity index is 1.56. The maximum atomic E-state index is 11.8. The minimum absolute atomic E-state index is 0.00764. The lowest BCUT2D eigenvalue weighted by Gasteiger charge is -2.18. The number of benzene rings is 3. The zero-order valence-electron chi connectivity index (χ0n) is 18.8. The van der Waals surface area contributed by atoms with E-state index in [1.807, 2.05) is 53.9 Å². The standard InChI is InChI=1S/C26H22N4O4S/c1-33-24-11-18(7-9-22(24)31)14-28-30-21(16-35-26(30)27-13-17-5-3-2-4-6-17)19-8-10-23-20(12-19)29-25(32)15-34-23/h2-12,14,16,31H,13,15H2,1H3,(H,29,32). The van der Waals surface area contributed by atoms with Crippen LogP contribution in [0.4, 0.5) is 5.69 Å². The van der Waals surface area contributed by atoms with Gasteiger partial charge >= 0.3 is 0 Å². The van der Waals surface area contributed by atoms with Crippen LogP contribution in [-0.2, 0) is 11.3 Å². The van der Waals surface area contributed by atoms with Crippen LogP contribution in [0.25, 0.3) is 11.3 Å². The average Bonchev–Trinajstić information content (AvgIpc) is 3.29. The maximum absolute atomic E-state index is 11.8. The molecule has 1 aliphatic rings. The van der Waals surface area contributed by atoms with Gasteiger partial charge in [-0.1, -0.05) is 30.3 Å². The number of nitrogens with one attached hydrogen (secondary N) is 1. The van der Waals surface area contributed by atoms with Gasteiger partial charge in [0.15, 0.2) is 18.1 Å². The molecule has 4 aromatic rings. The fraction of sp³-hybridized carbons (Fsp3) is 0.115. The van der Waals surface area contributed by atoms with Crippen LogP contribution < -0.4 is 19.6 Å². The number of amides is 1. The molecule has 3 aromatic carbocycles. The number of hydrogen-bond acceptors (Lipinski definition) is 7. The third kappa shape index (κ3) is 4.95. The number of thiazole rings is 1. The Morgan fingerprint density at radius 3 is 2.86 bits per heavy atom. The molecule has 0 saturated heterocycles. The van der Waals surface area contributed by atoms with E-state index in [1.54, 1.807) is 29.1 Å². The SMILES string of the molecule is COc1cc(C=Nn2c(-c3ccc4c(c3)NC(=O)CO4)csc2=NCc2ccccc2)ccc1O. The summed E-state index contributed by atoms with van der Waals surface area (Å²) in [5, 5.41) is 19.4. The van der Waals surface area contributed by atoms with Gasteiger partial charge in [-0.3, -0.25) is 9.79 Å². The second kappa shape index (κ2) is 9.86. The summed E-state index contributed by atoms with van der Waals surface area (Å²) in [7, 11) is 1.50. The van der Waals surface area contributed by atoms with Crippen LogP contribution in [-0.4, -0.2) is 35.6 Å². The number of ether oxygens (including phenoxy) is 2. The second-order valence-electron chi connectivity index (χ2n) is 7.74. The molecule has 0 aliphatic carbocycles. The summed E-state index contributed by atoms with van der Waals surface area (Å²) in [6.07, 6.45) is 1.68. The molecule has 0 saturated carbocycles. The van der Waals surface area contributed by atoms with Gasteiger partial charge in [-0.2, -0.15) is 5.10 Å². The molecule has 2 N–H and O–H groups in total. The minimum Gasteiger partial charge on any atom is -0.504 e. The highest BCUT2D eigenvalue weighted by Crippen LogP contribution is 2.33. The summed E-state index contributed by atoms with van der Waals surface area (Å²) in [6.45, 7) is 0.519. The molecule has 0 atom stereocenters. The number of rotatable bonds is 6. The maximum Gasteiger partial charge on any atom is 0.262 e. The molecule has 0 fully saturated rings. The molecule has 2 heterocycles. The van der Waals surface area contributed by atoms with Crippen LogP contribution in [0.2, 0.25) is 0 Å². The van der Waals surface area contributed by atoms with E-state index < -0.39 is 0 Å². The van der Waals surface area contributed by atoms with E-state index in [1.165, 1.54) is 18.4 Å². The van der Waals surface area contributed by atoms with Gasteiger partial charge in [0.1, 0.15) is 5.75 Å². The molecule has 0 spiro atoms. The predicted octanol–water partition coefficient (Wildman–Crippen LogP) is 4.24. The van der Waals surface area contributed by atoms with Crippen LogP contribution in [0, 0.1) is 0 Å². The number of hydrogen-bond donors (Lipinski definition) is 2. The number of phenolic OH excluding ortho intramolecular Hbond substituents is 1. The second-order valence-corrected chi connectivity index (χ2v) is 8.58. The number of fused-ring (bicyclic) bond motifs is 1. The molecule has 1 aromatic heterocycles. The predicted molar refractivity (Wildman–Crippen MR) is 135 cm³/mol. The lowest BCUT2D eigenvalue weighted by atomic mass is 10.1. The molecule has 35 heavy (non-hydrogen) atoms. The molecule has 8 nitrogen and oxygen atoms in total. The van der Waals surface area contributed by atoms with E-state index in [0.29, 0.717) is 28.5 Å². The van der Waals surface area contributed by atoms with Gasteiger partial charge in [0.25, 0.3) is 5.91 Å². The lowest BCUT2D eigenvalue weighted by Crippen LogP contribution is -2.25. The monoisotopic (exact) mass is 486 g/mol. The molecule has 0 unspecified atom stereocenters. The van der Waals surface area contributed by atoms with E-state index >= 15 is 0 Å². The van der Waals surface area contributed by atoms with Crippen molar-refractivity contribution in [2.24, 2.45) is 10.1 Å². The molecular weight excluding hydrogens is 464 g/mol. The fourth-order valence-corrected chi connectivity index (χ4v) is 4.44. The number of phenols is 1. The Kier molecular flexibility index (Phi) is 6.32. The van der Waals surface area contributed by atoms with E-state index in [0.717, 1.165) is 22.4 Å². The van der Waals surface area contributed by atoms with Crippen molar-refractivity contribution in [2.75, 3.05) is 19.0 Å². The fourth-order valence-electron chi connectivity index (χ4n) is 3.60. The molecule has 1 aliphatic heterocycles. The Bertz CT molecular complexity index is 1470. The van der Waals surface area contributed by atoms with Crippen molar-refractivity contribution in [1.29, 1.82) is 0 Å². The number of nitrogens with zero attached hydrogens (tertiary/aromatic N) is 3. The number of carbonyl (C=O) groups excluding carboxylic acids is 1. The van der Waals surface area contributed by atoms with Crippen LogP contribution in [0.5, 0.6) is 17.2 Å². The molecule has 0 bridgehead atoms. The first-order valence-electron chi connectivity index (χ1n) is 10.8. The number of methoxy groups -OCH3 is 1. The van der Waals surface area contributed by atoms with Crippen molar-refractivity contribution in [2.45, 2.75) is 6.54 Å². The Morgan fingerprint density at radius 1 is 1.17 bits per heavy atom. The quantitative estimate of drug-likeness (QED) is 0.398. The topological polar surface area (TPSA) is 97.4 Å². The zero-order chi connectivity index (χ0) is 24.2. The highest BCUT2D eigenvalue weighted by Gasteiger charge is 2.18. The number of carbonyl (C=O) groups is 1. The van der Waals surface area contributed by atoms with Crippen molar-refractivity contribution in [1.82, 2.24) is 4.68 Å². The smallest absolute Gasteiger partial charge is 0.262 e. The van der Waals surface area contributed by atoms with Crippen molar-refractivity contribution in [3.05, 3.63) is 88.0 Å². The van der Waals surface area contributed by atoms with E-state index in [-0.39, 0.29) is 18.3 Å². The van der Waals surface area contributed by atoms with Gasteiger partial charge in [-0.15, -0.1) is 11.3 Å². The van der Waals surface area contributed by atoms with E-state index in [9.17, 15) is 9.90 Å². The van der Waals surface area contributed by atoms with Crippen LogP contribution in [0.15, 0.2) is 82.2 Å². The van der Waals surface area contributed by atoms with E-state index in [4.69, 9.17) is 19.6 Å². The first-order valence-corrected chi connectivity index (χ1v) is 11.7. The molecule has 1 amide bonds. The average molecular weight is 487 g/mol. The third-order valence-corrected chi connectivity index (χ3v) is 6.21. The minimum atomic E-state index is -0.189. The summed E-state index contributed by atoms with van der Waals surface area (Å²) >= 11 is 1.47. The van der Waals surface area contributed by atoms with Crippen molar-refractivity contribution >= 4 is 29.1 Å². The molecule has 9 heteroatoms. The Morgan fingerprint density at radius 2 is 2.03 bits per heavy atom. The van der Waals surface area contributed by atoms with Gasteiger partial charge < -0.3 is 19.9 Å². The van der Waals surface area contributed by atoms with Gasteiger partial charge in [0.2, 0.25) is 4.80 Å². The number of aromatic hydroxyl groups is 1. The van der Waals surface area contributed by atoms with Gasteiger partial charge in [0.05, 0.1) is 31.3 Å². The van der Waals surface area contributed by atoms with Gasteiger partial charge in [0, 0.05) is 10.9 Å². The zero-order valence-corrected chi connectivity index (χ0v) is 19.7. The van der Waals surface area contributed by atoms with Crippen molar-refractivity contribution < 1.29 is 19.4 Å². The summed E-state index contributed by atoms with van der Waals surface area (Å²) in [4.78, 5) is 17.3. The van der Waals surface area contributed by atoms with Crippen molar-refractivity contribution in [3.8, 4) is 28.5 Å². The van der Waals surface area contributed by atoms with Crippen LogP contribution >= 0.6 is 11.3 Å².